The lowest BCUT2D eigenvalue weighted by Crippen LogP contribution is -2.15. The Morgan fingerprint density at radius 1 is 1.20 bits per heavy atom. The molecule has 1 aromatic heterocycles. The van der Waals surface area contributed by atoms with Crippen molar-refractivity contribution in [3.63, 3.8) is 0 Å². The Morgan fingerprint density at radius 2 is 2.00 bits per heavy atom. The molecule has 0 aliphatic carbocycles. The van der Waals surface area contributed by atoms with Crippen molar-refractivity contribution in [3.05, 3.63) is 58.9 Å². The standard InChI is InChI=1S/C21H23ClN4O3S/c1-4-28-18-8-6-5-7-17(18)23-20(27)13-30-21-25-24-19(26(21)3)12-29-15-9-10-16(22)14(2)11-15/h5-11H,4,12-13H2,1-3H3,(H,23,27). The molecule has 0 saturated carbocycles. The Hall–Kier alpha value is -2.71. The van der Waals surface area contributed by atoms with Gasteiger partial charge >= 0.3 is 0 Å². The fraction of sp³-hybridized carbons (Fsp3) is 0.286. The van der Waals surface area contributed by atoms with Crippen molar-refractivity contribution in [1.82, 2.24) is 14.8 Å². The average Bonchev–Trinajstić information content (AvgIpc) is 3.08. The number of benzene rings is 2. The van der Waals surface area contributed by atoms with E-state index in [-0.39, 0.29) is 18.3 Å². The van der Waals surface area contributed by atoms with Gasteiger partial charge in [-0.2, -0.15) is 0 Å². The van der Waals surface area contributed by atoms with Gasteiger partial charge in [0, 0.05) is 12.1 Å². The lowest BCUT2D eigenvalue weighted by atomic mass is 10.2. The maximum absolute atomic E-state index is 12.4. The van der Waals surface area contributed by atoms with Gasteiger partial charge in [-0.25, -0.2) is 0 Å². The van der Waals surface area contributed by atoms with Crippen LogP contribution in [-0.4, -0.2) is 33.0 Å². The van der Waals surface area contributed by atoms with E-state index in [9.17, 15) is 4.79 Å². The topological polar surface area (TPSA) is 78.3 Å². The number of carbonyl (C=O) groups excluding carboxylic acids is 1. The Kier molecular flexibility index (Phi) is 7.59. The number of nitrogens with one attached hydrogen (secondary N) is 1. The summed E-state index contributed by atoms with van der Waals surface area (Å²) in [4.78, 5) is 12.4. The number of para-hydroxylation sites is 2. The summed E-state index contributed by atoms with van der Waals surface area (Å²) >= 11 is 7.34. The summed E-state index contributed by atoms with van der Waals surface area (Å²) < 4.78 is 13.1. The van der Waals surface area contributed by atoms with E-state index >= 15 is 0 Å². The summed E-state index contributed by atoms with van der Waals surface area (Å²) in [6.45, 7) is 4.61. The molecule has 0 aliphatic heterocycles. The van der Waals surface area contributed by atoms with Crippen LogP contribution in [0.3, 0.4) is 0 Å². The van der Waals surface area contributed by atoms with Crippen molar-refractivity contribution < 1.29 is 14.3 Å². The Labute approximate surface area is 184 Å². The van der Waals surface area contributed by atoms with Crippen LogP contribution >= 0.6 is 23.4 Å². The second kappa shape index (κ2) is 10.4. The number of rotatable bonds is 9. The number of anilines is 1. The highest BCUT2D eigenvalue weighted by Gasteiger charge is 2.13. The minimum atomic E-state index is -0.149. The number of nitrogens with zero attached hydrogens (tertiary/aromatic N) is 3. The van der Waals surface area contributed by atoms with E-state index in [1.807, 2.05) is 61.9 Å². The molecule has 158 valence electrons. The van der Waals surface area contributed by atoms with Crippen LogP contribution in [0.25, 0.3) is 0 Å². The second-order valence-corrected chi connectivity index (χ2v) is 7.77. The van der Waals surface area contributed by atoms with Crippen molar-refractivity contribution >= 4 is 35.0 Å². The number of carbonyl (C=O) groups is 1. The van der Waals surface area contributed by atoms with Gasteiger partial charge in [0.1, 0.15) is 18.1 Å². The van der Waals surface area contributed by atoms with E-state index < -0.39 is 0 Å². The maximum atomic E-state index is 12.4. The largest absolute Gasteiger partial charge is 0.492 e. The van der Waals surface area contributed by atoms with Crippen LogP contribution in [-0.2, 0) is 18.4 Å². The summed E-state index contributed by atoms with van der Waals surface area (Å²) in [6.07, 6.45) is 0. The van der Waals surface area contributed by atoms with Crippen LogP contribution in [0.1, 0.15) is 18.3 Å². The van der Waals surface area contributed by atoms with Gasteiger partial charge in [-0.3, -0.25) is 4.79 Å². The fourth-order valence-corrected chi connectivity index (χ4v) is 3.47. The van der Waals surface area contributed by atoms with Gasteiger partial charge in [-0.1, -0.05) is 35.5 Å². The molecule has 1 amide bonds. The number of hydrogen-bond acceptors (Lipinski definition) is 6. The summed E-state index contributed by atoms with van der Waals surface area (Å²) in [5, 5.41) is 12.5. The predicted molar refractivity (Wildman–Crippen MR) is 118 cm³/mol. The molecule has 1 N–H and O–H groups in total. The van der Waals surface area contributed by atoms with Crippen molar-refractivity contribution in [1.29, 1.82) is 0 Å². The summed E-state index contributed by atoms with van der Waals surface area (Å²) in [7, 11) is 1.84. The number of amides is 1. The van der Waals surface area contributed by atoms with E-state index in [4.69, 9.17) is 21.1 Å². The zero-order valence-electron chi connectivity index (χ0n) is 17.0. The first-order valence-corrected chi connectivity index (χ1v) is 10.8. The first kappa shape index (κ1) is 22.0. The maximum Gasteiger partial charge on any atom is 0.234 e. The predicted octanol–water partition coefficient (Wildman–Crippen LogP) is 4.49. The molecule has 0 atom stereocenters. The van der Waals surface area contributed by atoms with Crippen LogP contribution in [0.4, 0.5) is 5.69 Å². The summed E-state index contributed by atoms with van der Waals surface area (Å²) in [5.41, 5.74) is 1.59. The molecule has 3 aromatic rings. The third-order valence-corrected chi connectivity index (χ3v) is 5.66. The third kappa shape index (κ3) is 5.67. The van der Waals surface area contributed by atoms with Gasteiger partial charge in [0.2, 0.25) is 5.91 Å². The number of aromatic nitrogens is 3. The number of halogens is 1. The van der Waals surface area contributed by atoms with Gasteiger partial charge in [0.25, 0.3) is 0 Å². The van der Waals surface area contributed by atoms with E-state index in [0.29, 0.717) is 39.8 Å². The lowest BCUT2D eigenvalue weighted by Gasteiger charge is -2.11. The number of hydrogen-bond donors (Lipinski definition) is 1. The third-order valence-electron chi connectivity index (χ3n) is 4.22. The minimum Gasteiger partial charge on any atom is -0.492 e. The van der Waals surface area contributed by atoms with Crippen molar-refractivity contribution in [2.75, 3.05) is 17.7 Å². The van der Waals surface area contributed by atoms with Gasteiger partial charge in [-0.05, 0) is 49.7 Å². The van der Waals surface area contributed by atoms with E-state index in [0.717, 1.165) is 5.56 Å². The Morgan fingerprint density at radius 3 is 2.77 bits per heavy atom. The normalized spacial score (nSPS) is 10.7. The van der Waals surface area contributed by atoms with Crippen LogP contribution in [0, 0.1) is 6.92 Å². The molecular formula is C21H23ClN4O3S. The van der Waals surface area contributed by atoms with Gasteiger partial charge < -0.3 is 19.4 Å². The first-order valence-electron chi connectivity index (χ1n) is 9.39. The fourth-order valence-electron chi connectivity index (χ4n) is 2.62. The summed E-state index contributed by atoms with van der Waals surface area (Å²) in [6, 6.07) is 12.8. The molecule has 0 fully saturated rings. The Balaban J connectivity index is 1.54. The number of aryl methyl sites for hydroxylation is 1. The lowest BCUT2D eigenvalue weighted by molar-refractivity contribution is -0.113. The molecule has 3 rings (SSSR count). The molecule has 0 unspecified atom stereocenters. The molecule has 0 aliphatic rings. The van der Waals surface area contributed by atoms with Crippen molar-refractivity contribution in [3.8, 4) is 11.5 Å². The van der Waals surface area contributed by atoms with Crippen LogP contribution in [0.2, 0.25) is 5.02 Å². The van der Waals surface area contributed by atoms with Crippen LogP contribution in [0.5, 0.6) is 11.5 Å². The van der Waals surface area contributed by atoms with Gasteiger partial charge in [-0.15, -0.1) is 10.2 Å². The van der Waals surface area contributed by atoms with Crippen LogP contribution in [0.15, 0.2) is 47.6 Å². The quantitative estimate of drug-likeness (QED) is 0.488. The molecule has 0 saturated heterocycles. The molecule has 0 bridgehead atoms. The average molecular weight is 447 g/mol. The summed E-state index contributed by atoms with van der Waals surface area (Å²) in [5.74, 6) is 2.07. The van der Waals surface area contributed by atoms with Gasteiger partial charge in [0.05, 0.1) is 18.0 Å². The highest BCUT2D eigenvalue weighted by molar-refractivity contribution is 7.99. The SMILES string of the molecule is CCOc1ccccc1NC(=O)CSc1nnc(COc2ccc(Cl)c(C)c2)n1C. The molecule has 7 nitrogen and oxygen atoms in total. The smallest absolute Gasteiger partial charge is 0.234 e. The minimum absolute atomic E-state index is 0.149. The molecular weight excluding hydrogens is 424 g/mol. The zero-order valence-corrected chi connectivity index (χ0v) is 18.6. The zero-order chi connectivity index (χ0) is 21.5. The molecule has 1 heterocycles. The van der Waals surface area contributed by atoms with Crippen molar-refractivity contribution in [2.24, 2.45) is 7.05 Å². The molecule has 9 heteroatoms. The molecule has 2 aromatic carbocycles. The second-order valence-electron chi connectivity index (χ2n) is 6.42. The van der Waals surface area contributed by atoms with E-state index in [1.165, 1.54) is 11.8 Å². The highest BCUT2D eigenvalue weighted by atomic mass is 35.5. The van der Waals surface area contributed by atoms with Crippen molar-refractivity contribution in [2.45, 2.75) is 25.6 Å². The number of thioether (sulfide) groups is 1. The molecule has 30 heavy (non-hydrogen) atoms. The Bertz CT molecular complexity index is 1030. The van der Waals surface area contributed by atoms with Crippen LogP contribution < -0.4 is 14.8 Å². The molecule has 0 radical (unpaired) electrons. The monoisotopic (exact) mass is 446 g/mol. The molecule has 0 spiro atoms. The van der Waals surface area contributed by atoms with Gasteiger partial charge in [0.15, 0.2) is 11.0 Å². The van der Waals surface area contributed by atoms with E-state index in [1.54, 1.807) is 6.07 Å². The van der Waals surface area contributed by atoms with E-state index in [2.05, 4.69) is 15.5 Å². The number of ether oxygens (including phenoxy) is 2. The first-order chi connectivity index (χ1) is 14.5. The highest BCUT2D eigenvalue weighted by Crippen LogP contribution is 2.25.